The van der Waals surface area contributed by atoms with E-state index in [0.717, 1.165) is 167 Å². The summed E-state index contributed by atoms with van der Waals surface area (Å²) in [5, 5.41) is 24.4. The molecule has 0 unspecified atom stereocenters. The van der Waals surface area contributed by atoms with E-state index in [1.807, 2.05) is 48.5 Å². The molecule has 2 N–H and O–H groups in total. The van der Waals surface area contributed by atoms with Gasteiger partial charge in [0.2, 0.25) is 0 Å². The number of methoxy groups -OCH3 is 2. The lowest BCUT2D eigenvalue weighted by molar-refractivity contribution is 0.281. The van der Waals surface area contributed by atoms with Crippen molar-refractivity contribution in [1.29, 1.82) is 0 Å². The highest BCUT2D eigenvalue weighted by atomic mass is 16.5. The third-order valence-corrected chi connectivity index (χ3v) is 15.7. The number of ether oxygens (including phenoxy) is 2. The minimum absolute atomic E-state index is 0.0237. The summed E-state index contributed by atoms with van der Waals surface area (Å²) in [6.45, 7) is 29.9. The van der Waals surface area contributed by atoms with Gasteiger partial charge in [-0.3, -0.25) is 0 Å². The number of hydrogen-bond acceptors (Lipinski definition) is 4. The molecule has 4 heteroatoms. The molecule has 410 valence electrons. The molecule has 0 aromatic heterocycles. The van der Waals surface area contributed by atoms with Gasteiger partial charge in [0.05, 0.1) is 27.4 Å². The Balaban J connectivity index is 1.26. The molecule has 0 amide bonds. The average Bonchev–Trinajstić information content (AvgIpc) is 3.61. The minimum Gasteiger partial charge on any atom is -0.497 e. The van der Waals surface area contributed by atoms with E-state index in [4.69, 9.17) is 9.47 Å². The summed E-state index contributed by atoms with van der Waals surface area (Å²) >= 11 is 0. The van der Waals surface area contributed by atoms with Gasteiger partial charge in [0.1, 0.15) is 11.5 Å². The fraction of sp³-hybridized carbons (Fsp3) is 0.256. The van der Waals surface area contributed by atoms with Crippen molar-refractivity contribution in [3.63, 3.8) is 0 Å². The van der Waals surface area contributed by atoms with E-state index in [9.17, 15) is 10.2 Å². The van der Waals surface area contributed by atoms with Gasteiger partial charge >= 0.3 is 0 Å². The maximum atomic E-state index is 10.0. The molecule has 9 aromatic carbocycles. The number of aryl methyl sites for hydroxylation is 8. The Bertz CT molecular complexity index is 3760. The summed E-state index contributed by atoms with van der Waals surface area (Å²) in [5.74, 6) is 30.8. The second-order valence-corrected chi connectivity index (χ2v) is 24.2. The topological polar surface area (TPSA) is 58.9 Å². The number of rotatable bonds is 6. The molecule has 0 radical (unpaired) electrons. The molecular weight excluding hydrogens is 1000 g/mol. The summed E-state index contributed by atoms with van der Waals surface area (Å²) in [6.07, 6.45) is 0. The van der Waals surface area contributed by atoms with Gasteiger partial charge in [0, 0.05) is 55.6 Å². The van der Waals surface area contributed by atoms with Gasteiger partial charge in [0.25, 0.3) is 0 Å². The van der Waals surface area contributed by atoms with Crippen LogP contribution < -0.4 is 9.47 Å². The monoisotopic (exact) mass is 1070 g/mol. The SMILES string of the molecule is COc1cc(C)c(C#Cc2cc(C(C)(C)C)cc(C#Cc3c(C)cc(OC)cc3C)c2-c2ccc3cc4cc(-c5c(C#Cc6c(C)cc(CO)cc6C)cc(C(C)(C)C)cc5C#Cc5c(C)cc(CO)cc5C)ccc4cc3c2)c(C)c1. The highest BCUT2D eigenvalue weighted by Crippen LogP contribution is 2.39. The van der Waals surface area contributed by atoms with Crippen LogP contribution in [-0.2, 0) is 24.0 Å². The molecule has 0 saturated heterocycles. The molecule has 9 aromatic rings. The number of fused-ring (bicyclic) bond motifs is 2. The highest BCUT2D eigenvalue weighted by Gasteiger charge is 2.22. The second kappa shape index (κ2) is 23.4. The maximum Gasteiger partial charge on any atom is 0.119 e. The van der Waals surface area contributed by atoms with Crippen molar-refractivity contribution < 1.29 is 19.7 Å². The molecule has 82 heavy (non-hydrogen) atoms. The van der Waals surface area contributed by atoms with Crippen LogP contribution >= 0.6 is 0 Å². The van der Waals surface area contributed by atoms with Crippen LogP contribution in [0.25, 0.3) is 43.8 Å². The number of hydrogen-bond donors (Lipinski definition) is 2. The minimum atomic E-state index is -0.200. The average molecular weight is 1080 g/mol. The van der Waals surface area contributed by atoms with Crippen LogP contribution in [0.1, 0.15) is 153 Å². The molecule has 0 aliphatic rings. The maximum absolute atomic E-state index is 10.0. The Labute approximate surface area is 487 Å². The summed E-state index contributed by atoms with van der Waals surface area (Å²) in [7, 11) is 3.40. The normalized spacial score (nSPS) is 11.2. The van der Waals surface area contributed by atoms with Crippen LogP contribution in [0.4, 0.5) is 0 Å². The third-order valence-electron chi connectivity index (χ3n) is 15.7. The van der Waals surface area contributed by atoms with E-state index in [2.05, 4.69) is 217 Å². The first-order chi connectivity index (χ1) is 39.0. The number of aliphatic hydroxyl groups excluding tert-OH is 2. The molecule has 0 spiro atoms. The Morgan fingerprint density at radius 1 is 0.329 bits per heavy atom. The first-order valence-electron chi connectivity index (χ1n) is 28.1. The van der Waals surface area contributed by atoms with Crippen LogP contribution in [0.5, 0.6) is 11.5 Å². The zero-order valence-corrected chi connectivity index (χ0v) is 50.7. The lowest BCUT2D eigenvalue weighted by atomic mass is 9.81. The predicted octanol–water partition coefficient (Wildman–Crippen LogP) is 17.0. The standard InChI is InChI=1S/C78H74O4/c1-47-29-55(45-79)30-48(2)71(47)25-21-61-41-67(77(9,10)11)42-62(22-26-72-49(3)31-56(46-80)32-50(72)4)75(61)59-19-17-57-38-66-40-60(20-18-58(66)37-65(57)39-59)76-63(23-27-73-51(5)33-69(81-15)34-52(73)6)43-68(78(12,13)14)44-64(76)24-28-74-53(7)35-70(82-16)36-54(74)8/h17-20,29-44,79-80H,45-46H2,1-16H3. The molecule has 4 nitrogen and oxygen atoms in total. The van der Waals surface area contributed by atoms with Crippen molar-refractivity contribution in [3.8, 4) is 81.1 Å². The van der Waals surface area contributed by atoms with Gasteiger partial charge in [0.15, 0.2) is 0 Å². The molecule has 0 fully saturated rings. The molecule has 9 rings (SSSR count). The zero-order valence-electron chi connectivity index (χ0n) is 50.7. The molecule has 0 atom stereocenters. The van der Waals surface area contributed by atoms with E-state index < -0.39 is 0 Å². The Hall–Kier alpha value is -8.74. The van der Waals surface area contributed by atoms with Gasteiger partial charge in [-0.2, -0.15) is 0 Å². The van der Waals surface area contributed by atoms with Crippen LogP contribution in [0.3, 0.4) is 0 Å². The number of aliphatic hydroxyl groups is 2. The van der Waals surface area contributed by atoms with Crippen LogP contribution in [0.15, 0.2) is 121 Å². The number of benzene rings is 9. The van der Waals surface area contributed by atoms with Gasteiger partial charge < -0.3 is 19.7 Å². The zero-order chi connectivity index (χ0) is 58.9. The molecule has 0 saturated carbocycles. The fourth-order valence-corrected chi connectivity index (χ4v) is 11.2. The lowest BCUT2D eigenvalue weighted by Gasteiger charge is -2.22. The smallest absolute Gasteiger partial charge is 0.119 e. The van der Waals surface area contributed by atoms with Crippen molar-refractivity contribution in [2.75, 3.05) is 14.2 Å². The van der Waals surface area contributed by atoms with E-state index in [-0.39, 0.29) is 24.0 Å². The first kappa shape index (κ1) is 57.9. The summed E-state index contributed by atoms with van der Waals surface area (Å²) < 4.78 is 11.2. The molecule has 0 bridgehead atoms. The van der Waals surface area contributed by atoms with Crippen molar-refractivity contribution >= 4 is 21.5 Å². The van der Waals surface area contributed by atoms with Gasteiger partial charge in [-0.1, -0.05) is 137 Å². The lowest BCUT2D eigenvalue weighted by Crippen LogP contribution is -2.12. The van der Waals surface area contributed by atoms with E-state index in [1.165, 1.54) is 0 Å². The summed E-state index contributed by atoms with van der Waals surface area (Å²) in [5.41, 5.74) is 23.4. The predicted molar refractivity (Wildman–Crippen MR) is 342 cm³/mol. The second-order valence-electron chi connectivity index (χ2n) is 24.2. The van der Waals surface area contributed by atoms with E-state index in [0.29, 0.717) is 0 Å². The van der Waals surface area contributed by atoms with Crippen molar-refractivity contribution in [2.24, 2.45) is 0 Å². The summed E-state index contributed by atoms with van der Waals surface area (Å²) in [4.78, 5) is 0. The highest BCUT2D eigenvalue weighted by molar-refractivity contribution is 6.02. The van der Waals surface area contributed by atoms with Gasteiger partial charge in [-0.15, -0.1) is 0 Å². The van der Waals surface area contributed by atoms with Crippen molar-refractivity contribution in [3.05, 3.63) is 233 Å². The van der Waals surface area contributed by atoms with Crippen LogP contribution in [0.2, 0.25) is 0 Å². The quantitative estimate of drug-likeness (QED) is 0.129. The van der Waals surface area contributed by atoms with Crippen molar-refractivity contribution in [2.45, 2.75) is 121 Å². The third kappa shape index (κ3) is 12.3. The molecular formula is C78H74O4. The van der Waals surface area contributed by atoms with Crippen molar-refractivity contribution in [1.82, 2.24) is 0 Å². The molecule has 0 aliphatic heterocycles. The Kier molecular flexibility index (Phi) is 16.5. The van der Waals surface area contributed by atoms with Gasteiger partial charge in [-0.05, 0) is 238 Å². The largest absolute Gasteiger partial charge is 0.497 e. The molecule has 0 aliphatic carbocycles. The fourth-order valence-electron chi connectivity index (χ4n) is 11.2. The first-order valence-corrected chi connectivity index (χ1v) is 28.1. The van der Waals surface area contributed by atoms with Gasteiger partial charge in [-0.25, -0.2) is 0 Å². The van der Waals surface area contributed by atoms with E-state index in [1.54, 1.807) is 14.2 Å². The van der Waals surface area contributed by atoms with Crippen LogP contribution in [0, 0.1) is 103 Å². The Morgan fingerprint density at radius 3 is 0.841 bits per heavy atom. The molecule has 0 heterocycles. The van der Waals surface area contributed by atoms with Crippen LogP contribution in [-0.4, -0.2) is 24.4 Å². The summed E-state index contributed by atoms with van der Waals surface area (Å²) in [6, 6.07) is 43.3. The Morgan fingerprint density at radius 2 is 0.598 bits per heavy atom. The van der Waals surface area contributed by atoms with E-state index >= 15 is 0 Å².